The lowest BCUT2D eigenvalue weighted by atomic mass is 10.1. The molecule has 26 heavy (non-hydrogen) atoms. The van der Waals surface area contributed by atoms with Gasteiger partial charge in [-0.2, -0.15) is 0 Å². The maximum atomic E-state index is 12.8. The Hall–Kier alpha value is -2.40. The van der Waals surface area contributed by atoms with E-state index in [1.165, 1.54) is 4.88 Å². The first-order valence-electron chi connectivity index (χ1n) is 9.30. The summed E-state index contributed by atoms with van der Waals surface area (Å²) >= 11 is 1.80. The molecule has 1 saturated heterocycles. The summed E-state index contributed by atoms with van der Waals surface area (Å²) in [5.41, 5.74) is 1.64. The normalized spacial score (nSPS) is 19.8. The molecule has 3 aromatic rings. The number of carbonyl (C=O) groups excluding carboxylic acids is 1. The fourth-order valence-electron chi connectivity index (χ4n) is 3.80. The van der Waals surface area contributed by atoms with Crippen LogP contribution in [-0.4, -0.2) is 23.5 Å². The summed E-state index contributed by atoms with van der Waals surface area (Å²) in [7, 11) is 0. The van der Waals surface area contributed by atoms with E-state index in [2.05, 4.69) is 27.7 Å². The Morgan fingerprint density at radius 2 is 2.04 bits per heavy atom. The van der Waals surface area contributed by atoms with Crippen molar-refractivity contribution in [2.75, 3.05) is 11.4 Å². The lowest BCUT2D eigenvalue weighted by Gasteiger charge is -2.26. The van der Waals surface area contributed by atoms with Crippen LogP contribution in [0.25, 0.3) is 10.9 Å². The Balaban J connectivity index is 1.58. The van der Waals surface area contributed by atoms with E-state index < -0.39 is 0 Å². The number of nitrogens with one attached hydrogen (secondary N) is 1. The second-order valence-corrected chi connectivity index (χ2v) is 8.14. The van der Waals surface area contributed by atoms with Gasteiger partial charge in [-0.3, -0.25) is 4.79 Å². The fraction of sp³-hybridized carbons (Fsp3) is 0.333. The number of rotatable bonds is 4. The molecular formula is C21H21N3OS. The number of aromatic nitrogens is 1. The molecule has 5 heteroatoms. The average Bonchev–Trinajstić information content (AvgIpc) is 3.14. The van der Waals surface area contributed by atoms with Crippen LogP contribution in [0.3, 0.4) is 0 Å². The number of fused-ring (bicyclic) bond motifs is 1. The predicted octanol–water partition coefficient (Wildman–Crippen LogP) is 4.53. The Labute approximate surface area is 156 Å². The quantitative estimate of drug-likeness (QED) is 0.741. The molecule has 1 aromatic carbocycles. The van der Waals surface area contributed by atoms with E-state index >= 15 is 0 Å². The molecule has 1 atom stereocenters. The van der Waals surface area contributed by atoms with Crippen LogP contribution in [0.1, 0.15) is 47.0 Å². The number of pyridine rings is 1. The van der Waals surface area contributed by atoms with Gasteiger partial charge in [-0.1, -0.05) is 24.3 Å². The third kappa shape index (κ3) is 2.86. The van der Waals surface area contributed by atoms with Gasteiger partial charge in [0.2, 0.25) is 0 Å². The number of hydrogen-bond acceptors (Lipinski definition) is 4. The zero-order valence-electron chi connectivity index (χ0n) is 14.5. The molecule has 2 aliphatic rings. The highest BCUT2D eigenvalue weighted by atomic mass is 32.1. The highest BCUT2D eigenvalue weighted by molar-refractivity contribution is 7.10. The molecule has 1 saturated carbocycles. The molecule has 0 bridgehead atoms. The van der Waals surface area contributed by atoms with Crippen molar-refractivity contribution in [3.05, 3.63) is 58.3 Å². The standard InChI is InChI=1S/C21H21N3OS/c25-21(22-14-9-10-14)16-13-20(23-17-6-2-1-5-15(16)17)24-11-3-7-18(24)19-8-4-12-26-19/h1-2,4-6,8,12-14,18H,3,7,9-11H2,(H,22,25). The zero-order chi connectivity index (χ0) is 17.5. The lowest BCUT2D eigenvalue weighted by Crippen LogP contribution is -2.27. The van der Waals surface area contributed by atoms with Gasteiger partial charge in [0.25, 0.3) is 5.91 Å². The van der Waals surface area contributed by atoms with Gasteiger partial charge in [0.05, 0.1) is 17.1 Å². The second-order valence-electron chi connectivity index (χ2n) is 7.16. The average molecular weight is 363 g/mol. The number of benzene rings is 1. The van der Waals surface area contributed by atoms with Crippen LogP contribution in [0.2, 0.25) is 0 Å². The third-order valence-electron chi connectivity index (χ3n) is 5.28. The molecule has 3 heterocycles. The van der Waals surface area contributed by atoms with Crippen LogP contribution >= 0.6 is 11.3 Å². The van der Waals surface area contributed by atoms with Crippen molar-refractivity contribution in [2.24, 2.45) is 0 Å². The molecule has 1 aliphatic carbocycles. The molecule has 0 spiro atoms. The van der Waals surface area contributed by atoms with Gasteiger partial charge in [-0.15, -0.1) is 11.3 Å². The SMILES string of the molecule is O=C(NC1CC1)c1cc(N2CCCC2c2cccs2)nc2ccccc12. The molecule has 0 radical (unpaired) electrons. The third-order valence-corrected chi connectivity index (χ3v) is 6.25. The van der Waals surface area contributed by atoms with Crippen molar-refractivity contribution >= 4 is 34.0 Å². The van der Waals surface area contributed by atoms with Gasteiger partial charge in [-0.05, 0) is 49.3 Å². The van der Waals surface area contributed by atoms with Crippen molar-refractivity contribution in [3.63, 3.8) is 0 Å². The summed E-state index contributed by atoms with van der Waals surface area (Å²) < 4.78 is 0. The van der Waals surface area contributed by atoms with Crippen LogP contribution in [0, 0.1) is 0 Å². The molecule has 1 aliphatic heterocycles. The first kappa shape index (κ1) is 15.8. The molecule has 2 fully saturated rings. The smallest absolute Gasteiger partial charge is 0.252 e. The van der Waals surface area contributed by atoms with Crippen molar-refractivity contribution in [1.29, 1.82) is 0 Å². The van der Waals surface area contributed by atoms with Crippen LogP contribution in [-0.2, 0) is 0 Å². The van der Waals surface area contributed by atoms with Gasteiger partial charge in [-0.25, -0.2) is 4.98 Å². The van der Waals surface area contributed by atoms with E-state index in [1.54, 1.807) is 11.3 Å². The highest BCUT2D eigenvalue weighted by Crippen LogP contribution is 2.38. The topological polar surface area (TPSA) is 45.2 Å². The van der Waals surface area contributed by atoms with Crippen LogP contribution in [0.4, 0.5) is 5.82 Å². The van der Waals surface area contributed by atoms with Crippen LogP contribution in [0.5, 0.6) is 0 Å². The molecule has 4 nitrogen and oxygen atoms in total. The second kappa shape index (κ2) is 6.40. The maximum absolute atomic E-state index is 12.8. The lowest BCUT2D eigenvalue weighted by molar-refractivity contribution is 0.0952. The van der Waals surface area contributed by atoms with E-state index in [9.17, 15) is 4.79 Å². The molecule has 1 N–H and O–H groups in total. The Morgan fingerprint density at radius 1 is 1.15 bits per heavy atom. The number of thiophene rings is 1. The Bertz CT molecular complexity index is 949. The summed E-state index contributed by atoms with van der Waals surface area (Å²) in [5, 5.41) is 6.20. The van der Waals surface area contributed by atoms with E-state index in [1.807, 2.05) is 30.3 Å². The largest absolute Gasteiger partial charge is 0.349 e. The van der Waals surface area contributed by atoms with Crippen molar-refractivity contribution in [2.45, 2.75) is 37.8 Å². The van der Waals surface area contributed by atoms with E-state index in [0.717, 1.165) is 54.5 Å². The van der Waals surface area contributed by atoms with E-state index in [4.69, 9.17) is 4.98 Å². The molecule has 1 unspecified atom stereocenters. The summed E-state index contributed by atoms with van der Waals surface area (Å²) in [5.74, 6) is 0.944. The number of nitrogens with zero attached hydrogens (tertiary/aromatic N) is 2. The van der Waals surface area contributed by atoms with Crippen molar-refractivity contribution < 1.29 is 4.79 Å². The van der Waals surface area contributed by atoms with E-state index in [-0.39, 0.29) is 5.91 Å². The number of hydrogen-bond donors (Lipinski definition) is 1. The Kier molecular flexibility index (Phi) is 3.89. The minimum absolute atomic E-state index is 0.0271. The minimum Gasteiger partial charge on any atom is -0.349 e. The van der Waals surface area contributed by atoms with Crippen molar-refractivity contribution in [3.8, 4) is 0 Å². The number of amides is 1. The van der Waals surface area contributed by atoms with Gasteiger partial charge < -0.3 is 10.2 Å². The molecule has 132 valence electrons. The van der Waals surface area contributed by atoms with Crippen molar-refractivity contribution in [1.82, 2.24) is 10.3 Å². The molecule has 1 amide bonds. The number of para-hydroxylation sites is 1. The molecule has 5 rings (SSSR count). The predicted molar refractivity (Wildman–Crippen MR) is 106 cm³/mol. The summed E-state index contributed by atoms with van der Waals surface area (Å²) in [6.45, 7) is 0.984. The minimum atomic E-state index is 0.0271. The zero-order valence-corrected chi connectivity index (χ0v) is 15.3. The maximum Gasteiger partial charge on any atom is 0.252 e. The van der Waals surface area contributed by atoms with Crippen LogP contribution < -0.4 is 10.2 Å². The molecule has 2 aromatic heterocycles. The van der Waals surface area contributed by atoms with E-state index in [0.29, 0.717) is 12.1 Å². The summed E-state index contributed by atoms with van der Waals surface area (Å²) in [4.78, 5) is 21.5. The molecular weight excluding hydrogens is 342 g/mol. The monoisotopic (exact) mass is 363 g/mol. The first-order chi connectivity index (χ1) is 12.8. The fourth-order valence-corrected chi connectivity index (χ4v) is 4.68. The van der Waals surface area contributed by atoms with Gasteiger partial charge in [0, 0.05) is 22.8 Å². The number of carbonyl (C=O) groups is 1. The van der Waals surface area contributed by atoms with Gasteiger partial charge >= 0.3 is 0 Å². The van der Waals surface area contributed by atoms with Gasteiger partial charge in [0.1, 0.15) is 5.82 Å². The van der Waals surface area contributed by atoms with Gasteiger partial charge in [0.15, 0.2) is 0 Å². The number of anilines is 1. The van der Waals surface area contributed by atoms with Crippen LogP contribution in [0.15, 0.2) is 47.8 Å². The summed E-state index contributed by atoms with van der Waals surface area (Å²) in [6, 6.07) is 15.0. The highest BCUT2D eigenvalue weighted by Gasteiger charge is 2.30. The summed E-state index contributed by atoms with van der Waals surface area (Å²) in [6.07, 6.45) is 4.47. The Morgan fingerprint density at radius 3 is 2.85 bits per heavy atom. The first-order valence-corrected chi connectivity index (χ1v) is 10.2.